The van der Waals surface area contributed by atoms with Gasteiger partial charge in [0, 0.05) is 15.6 Å². The molecule has 1 aliphatic rings. The number of carbonyl (C=O) groups excluding carboxylic acids is 1. The summed E-state index contributed by atoms with van der Waals surface area (Å²) in [5, 5.41) is 1.69. The average molecular weight is 693 g/mol. The van der Waals surface area contributed by atoms with Crippen LogP contribution in [0, 0.1) is 0 Å². The van der Waals surface area contributed by atoms with Crippen LogP contribution in [0.15, 0.2) is 102 Å². The molecular weight excluding hydrogens is 675 g/mol. The van der Waals surface area contributed by atoms with Gasteiger partial charge in [-0.2, -0.15) is 0 Å². The quantitative estimate of drug-likeness (QED) is 0.181. The third kappa shape index (κ3) is 6.38. The number of aliphatic imine (C=N–C) groups is 1. The molecule has 1 amide bonds. The number of rotatable bonds is 7. The van der Waals surface area contributed by atoms with Crippen LogP contribution in [-0.4, -0.2) is 16.0 Å². The first-order valence-corrected chi connectivity index (χ1v) is 14.5. The van der Waals surface area contributed by atoms with E-state index in [1.807, 2.05) is 60.7 Å². The number of nitrogens with zero attached hydrogens (tertiary/aromatic N) is 2. The van der Waals surface area contributed by atoms with Crippen LogP contribution in [0.4, 0.5) is 5.69 Å². The van der Waals surface area contributed by atoms with E-state index in [9.17, 15) is 4.79 Å². The first-order chi connectivity index (χ1) is 18.4. The molecule has 38 heavy (non-hydrogen) atoms. The lowest BCUT2D eigenvalue weighted by Crippen LogP contribution is -2.28. The molecule has 0 saturated carbocycles. The Kier molecular flexibility index (Phi) is 8.65. The Morgan fingerprint density at radius 2 is 1.76 bits per heavy atom. The molecular formula is C28H18Br2Cl2N2O3S. The van der Waals surface area contributed by atoms with Crippen LogP contribution >= 0.6 is 66.8 Å². The van der Waals surface area contributed by atoms with E-state index in [0.29, 0.717) is 31.6 Å². The van der Waals surface area contributed by atoms with Crippen molar-refractivity contribution in [3.63, 3.8) is 0 Å². The van der Waals surface area contributed by atoms with Crippen molar-refractivity contribution < 1.29 is 13.9 Å². The van der Waals surface area contributed by atoms with Crippen LogP contribution in [-0.2, 0) is 17.9 Å². The van der Waals surface area contributed by atoms with Gasteiger partial charge in [-0.3, -0.25) is 9.69 Å². The number of ether oxygens (including phenoxy) is 1. The van der Waals surface area contributed by atoms with Gasteiger partial charge in [-0.25, -0.2) is 4.99 Å². The second-order valence-electron chi connectivity index (χ2n) is 8.15. The summed E-state index contributed by atoms with van der Waals surface area (Å²) in [4.78, 5) is 20.3. The highest BCUT2D eigenvalue weighted by atomic mass is 79.9. The van der Waals surface area contributed by atoms with Crippen molar-refractivity contribution in [2.45, 2.75) is 13.2 Å². The minimum Gasteiger partial charge on any atom is -0.486 e. The number of carbonyl (C=O) groups is 1. The second kappa shape index (κ2) is 12.1. The molecule has 0 N–H and O–H groups in total. The van der Waals surface area contributed by atoms with Crippen LogP contribution in [0.1, 0.15) is 16.9 Å². The summed E-state index contributed by atoms with van der Waals surface area (Å²) < 4.78 is 13.0. The van der Waals surface area contributed by atoms with E-state index < -0.39 is 0 Å². The Balaban J connectivity index is 1.40. The average Bonchev–Trinajstić information content (AvgIpc) is 3.50. The van der Waals surface area contributed by atoms with Gasteiger partial charge in [0.25, 0.3) is 5.91 Å². The summed E-state index contributed by atoms with van der Waals surface area (Å²) in [6.45, 7) is 0.554. The third-order valence-corrected chi connectivity index (χ3v) is 8.24. The maximum atomic E-state index is 13.4. The van der Waals surface area contributed by atoms with Gasteiger partial charge in [0.15, 0.2) is 5.17 Å². The predicted octanol–water partition coefficient (Wildman–Crippen LogP) is 9.49. The summed E-state index contributed by atoms with van der Waals surface area (Å²) in [5.74, 6) is 1.15. The fourth-order valence-corrected chi connectivity index (χ4v) is 6.55. The fourth-order valence-electron chi connectivity index (χ4n) is 3.64. The molecule has 0 unspecified atom stereocenters. The SMILES string of the molecule is O=C1/C(=C/c2cc(Br)c(OCc3ccc(Cl)cc3Cl)c(Br)c2)SC(=Nc2ccccc2)N1Cc1ccco1. The molecule has 4 aromatic rings. The lowest BCUT2D eigenvalue weighted by molar-refractivity contribution is -0.122. The van der Waals surface area contributed by atoms with E-state index in [1.165, 1.54) is 11.8 Å². The molecule has 0 atom stereocenters. The smallest absolute Gasteiger partial charge is 0.267 e. The Hall–Kier alpha value is -2.49. The van der Waals surface area contributed by atoms with Crippen molar-refractivity contribution in [3.05, 3.63) is 120 Å². The van der Waals surface area contributed by atoms with Crippen LogP contribution in [0.3, 0.4) is 0 Å². The molecule has 192 valence electrons. The standard InChI is InChI=1S/C28H18Br2Cl2N2O3S/c29-22-11-17(12-23(30)26(22)37-16-18-8-9-19(31)14-24(18)32)13-25-27(35)34(15-21-7-4-10-36-21)28(38-25)33-20-5-2-1-3-6-20/h1-14H,15-16H2/b25-13-,33-28?. The van der Waals surface area contributed by atoms with Crippen LogP contribution in [0.25, 0.3) is 6.08 Å². The van der Waals surface area contributed by atoms with Crippen molar-refractivity contribution in [3.8, 4) is 5.75 Å². The Labute approximate surface area is 250 Å². The molecule has 2 heterocycles. The molecule has 1 fully saturated rings. The number of amides is 1. The van der Waals surface area contributed by atoms with E-state index in [4.69, 9.17) is 37.3 Å². The Bertz CT molecular complexity index is 1520. The van der Waals surface area contributed by atoms with Crippen molar-refractivity contribution in [1.29, 1.82) is 0 Å². The molecule has 5 nitrogen and oxygen atoms in total. The largest absolute Gasteiger partial charge is 0.486 e. The monoisotopic (exact) mass is 690 g/mol. The highest BCUT2D eigenvalue weighted by Gasteiger charge is 2.34. The fraction of sp³-hybridized carbons (Fsp3) is 0.0714. The minimum atomic E-state index is -0.147. The molecule has 1 aliphatic heterocycles. The zero-order valence-electron chi connectivity index (χ0n) is 19.5. The molecule has 1 aromatic heterocycles. The summed E-state index contributed by atoms with van der Waals surface area (Å²) in [7, 11) is 0. The zero-order valence-corrected chi connectivity index (χ0v) is 25.0. The van der Waals surface area contributed by atoms with Gasteiger partial charge in [-0.15, -0.1) is 0 Å². The maximum absolute atomic E-state index is 13.4. The van der Waals surface area contributed by atoms with E-state index in [1.54, 1.807) is 29.4 Å². The van der Waals surface area contributed by atoms with Gasteiger partial charge in [0.05, 0.1) is 32.3 Å². The summed E-state index contributed by atoms with van der Waals surface area (Å²) in [6.07, 6.45) is 3.43. The predicted molar refractivity (Wildman–Crippen MR) is 161 cm³/mol. The molecule has 0 radical (unpaired) electrons. The van der Waals surface area contributed by atoms with Crippen molar-refractivity contribution in [2.75, 3.05) is 0 Å². The number of para-hydroxylation sites is 1. The van der Waals surface area contributed by atoms with Gasteiger partial charge < -0.3 is 9.15 Å². The molecule has 10 heteroatoms. The Morgan fingerprint density at radius 1 is 1.00 bits per heavy atom. The van der Waals surface area contributed by atoms with Gasteiger partial charge in [0.1, 0.15) is 18.1 Å². The highest BCUT2D eigenvalue weighted by molar-refractivity contribution is 9.11. The number of amidine groups is 1. The van der Waals surface area contributed by atoms with E-state index in [-0.39, 0.29) is 19.1 Å². The molecule has 0 spiro atoms. The molecule has 3 aromatic carbocycles. The number of benzene rings is 3. The normalized spacial score (nSPS) is 15.6. The summed E-state index contributed by atoms with van der Waals surface area (Å²) in [6, 6.07) is 22.3. The van der Waals surface area contributed by atoms with Crippen LogP contribution < -0.4 is 4.74 Å². The Morgan fingerprint density at radius 3 is 2.45 bits per heavy atom. The van der Waals surface area contributed by atoms with E-state index in [2.05, 4.69) is 31.9 Å². The minimum absolute atomic E-state index is 0.147. The summed E-state index contributed by atoms with van der Waals surface area (Å²) >= 11 is 20.8. The van der Waals surface area contributed by atoms with Crippen molar-refractivity contribution in [1.82, 2.24) is 4.90 Å². The first-order valence-electron chi connectivity index (χ1n) is 11.3. The number of furan rings is 1. The van der Waals surface area contributed by atoms with Crippen LogP contribution in [0.5, 0.6) is 5.75 Å². The van der Waals surface area contributed by atoms with E-state index in [0.717, 1.165) is 25.8 Å². The number of hydrogen-bond donors (Lipinski definition) is 0. The van der Waals surface area contributed by atoms with Crippen LogP contribution in [0.2, 0.25) is 10.0 Å². The molecule has 0 bridgehead atoms. The summed E-state index contributed by atoms with van der Waals surface area (Å²) in [5.41, 5.74) is 2.40. The van der Waals surface area contributed by atoms with Gasteiger partial charge in [-0.1, -0.05) is 47.5 Å². The maximum Gasteiger partial charge on any atom is 0.267 e. The van der Waals surface area contributed by atoms with Crippen molar-refractivity contribution in [2.24, 2.45) is 4.99 Å². The molecule has 0 aliphatic carbocycles. The van der Waals surface area contributed by atoms with Crippen molar-refractivity contribution >= 4 is 89.7 Å². The van der Waals surface area contributed by atoms with Gasteiger partial charge >= 0.3 is 0 Å². The zero-order chi connectivity index (χ0) is 26.6. The van der Waals surface area contributed by atoms with E-state index >= 15 is 0 Å². The molecule has 5 rings (SSSR count). The second-order valence-corrected chi connectivity index (χ2v) is 11.7. The topological polar surface area (TPSA) is 55.0 Å². The highest BCUT2D eigenvalue weighted by Crippen LogP contribution is 2.39. The first kappa shape index (κ1) is 27.1. The number of thioether (sulfide) groups is 1. The molecule has 1 saturated heterocycles. The lowest BCUT2D eigenvalue weighted by atomic mass is 10.2. The number of halogens is 4. The van der Waals surface area contributed by atoms with Gasteiger partial charge in [0.2, 0.25) is 0 Å². The number of hydrogen-bond acceptors (Lipinski definition) is 5. The van der Waals surface area contributed by atoms with Gasteiger partial charge in [-0.05, 0) is 104 Å². The lowest BCUT2D eigenvalue weighted by Gasteiger charge is -2.14. The third-order valence-electron chi connectivity index (χ3n) is 5.47.